The quantitative estimate of drug-likeness (QED) is 0.763. The van der Waals surface area contributed by atoms with Crippen LogP contribution in [0.1, 0.15) is 47.4 Å². The second-order valence-corrected chi connectivity index (χ2v) is 7.89. The molecule has 1 aromatic carbocycles. The van der Waals surface area contributed by atoms with Crippen molar-refractivity contribution in [3.8, 4) is 0 Å². The first-order valence-electron chi connectivity index (χ1n) is 9.76. The van der Waals surface area contributed by atoms with Crippen LogP contribution in [0.25, 0.3) is 10.9 Å². The van der Waals surface area contributed by atoms with Crippen molar-refractivity contribution in [2.45, 2.75) is 44.9 Å². The zero-order valence-corrected chi connectivity index (χ0v) is 15.3. The van der Waals surface area contributed by atoms with Gasteiger partial charge >= 0.3 is 0 Å². The van der Waals surface area contributed by atoms with Crippen LogP contribution < -0.4 is 4.90 Å². The van der Waals surface area contributed by atoms with Crippen molar-refractivity contribution < 1.29 is 10.0 Å². The van der Waals surface area contributed by atoms with Gasteiger partial charge in [0.05, 0.1) is 25.7 Å². The lowest BCUT2D eigenvalue weighted by atomic mass is 9.95. The zero-order valence-electron chi connectivity index (χ0n) is 15.3. The number of nitrogens with zero attached hydrogens (tertiary/aromatic N) is 2. The minimum Gasteiger partial charge on any atom is -0.387 e. The standard InChI is InChI=1S/C22H25N3O/c1-15-4-5-18-17(13-15)22-19-3-2-11-24(19)12-8-20(22)25(18)14-21(26)16-6-9-23-10-7-16/h4-7,9-10,13,19,21,26H,2-3,8,11-12,14H2,1H3/p+1. The number of pyridine rings is 1. The highest BCUT2D eigenvalue weighted by atomic mass is 16.3. The second-order valence-electron chi connectivity index (χ2n) is 7.89. The number of fused-ring (bicyclic) bond motifs is 5. The van der Waals surface area contributed by atoms with E-state index in [-0.39, 0.29) is 0 Å². The Balaban J connectivity index is 1.64. The van der Waals surface area contributed by atoms with Gasteiger partial charge in [0.1, 0.15) is 6.04 Å². The molecule has 3 aromatic rings. The van der Waals surface area contributed by atoms with Crippen LogP contribution in [-0.2, 0) is 13.0 Å². The smallest absolute Gasteiger partial charge is 0.116 e. The third-order valence-corrected chi connectivity index (χ3v) is 6.33. The molecule has 3 unspecified atom stereocenters. The highest BCUT2D eigenvalue weighted by Gasteiger charge is 2.38. The number of hydrogen-bond donors (Lipinski definition) is 2. The molecule has 134 valence electrons. The minimum atomic E-state index is -0.507. The molecule has 1 fully saturated rings. The topological polar surface area (TPSA) is 42.5 Å². The summed E-state index contributed by atoms with van der Waals surface area (Å²) < 4.78 is 2.39. The van der Waals surface area contributed by atoms with Gasteiger partial charge in [0.2, 0.25) is 0 Å². The van der Waals surface area contributed by atoms with Crippen LogP contribution >= 0.6 is 0 Å². The third kappa shape index (κ3) is 2.48. The van der Waals surface area contributed by atoms with Gasteiger partial charge in [0.25, 0.3) is 0 Å². The fraction of sp³-hybridized carbons (Fsp3) is 0.409. The molecule has 0 aliphatic carbocycles. The number of aryl methyl sites for hydroxylation is 1. The summed E-state index contributed by atoms with van der Waals surface area (Å²) in [4.78, 5) is 5.83. The lowest BCUT2D eigenvalue weighted by Gasteiger charge is -2.28. The van der Waals surface area contributed by atoms with Gasteiger partial charge < -0.3 is 14.6 Å². The van der Waals surface area contributed by atoms with Gasteiger partial charge in [-0.15, -0.1) is 0 Å². The molecule has 2 aliphatic heterocycles. The molecule has 2 aromatic heterocycles. The summed E-state index contributed by atoms with van der Waals surface area (Å²) in [7, 11) is 0. The van der Waals surface area contributed by atoms with Crippen LogP contribution in [0.5, 0.6) is 0 Å². The van der Waals surface area contributed by atoms with Crippen molar-refractivity contribution >= 4 is 10.9 Å². The first-order valence-corrected chi connectivity index (χ1v) is 9.76. The SMILES string of the molecule is Cc1ccc2c(c1)c1c(n2CC(O)c2ccncc2)CC[NH+]2CCCC12. The van der Waals surface area contributed by atoms with Crippen molar-refractivity contribution in [1.82, 2.24) is 9.55 Å². The Labute approximate surface area is 154 Å². The molecule has 0 radical (unpaired) electrons. The van der Waals surface area contributed by atoms with Gasteiger partial charge in [0, 0.05) is 53.8 Å². The lowest BCUT2D eigenvalue weighted by molar-refractivity contribution is -0.920. The van der Waals surface area contributed by atoms with Crippen molar-refractivity contribution in [2.75, 3.05) is 13.1 Å². The number of hydrogen-bond acceptors (Lipinski definition) is 2. The number of quaternary nitrogens is 1. The summed E-state index contributed by atoms with van der Waals surface area (Å²) in [6, 6.07) is 11.3. The third-order valence-electron chi connectivity index (χ3n) is 6.33. The van der Waals surface area contributed by atoms with Crippen molar-refractivity contribution in [3.63, 3.8) is 0 Å². The van der Waals surface area contributed by atoms with Crippen molar-refractivity contribution in [1.29, 1.82) is 0 Å². The summed E-state index contributed by atoms with van der Waals surface area (Å²) in [6.07, 6.45) is 6.74. The number of rotatable bonds is 3. The van der Waals surface area contributed by atoms with Crippen LogP contribution in [-0.4, -0.2) is 27.7 Å². The highest BCUT2D eigenvalue weighted by Crippen LogP contribution is 2.37. The molecule has 0 saturated carbocycles. The molecular weight excluding hydrogens is 322 g/mol. The first kappa shape index (κ1) is 16.0. The Morgan fingerprint density at radius 2 is 2.08 bits per heavy atom. The Bertz CT molecular complexity index is 947. The summed E-state index contributed by atoms with van der Waals surface area (Å²) >= 11 is 0. The molecule has 4 heterocycles. The van der Waals surface area contributed by atoms with Crippen LogP contribution in [0.15, 0.2) is 42.7 Å². The second kappa shape index (κ2) is 6.22. The predicted molar refractivity (Wildman–Crippen MR) is 102 cm³/mol. The van der Waals surface area contributed by atoms with Crippen LogP contribution in [0, 0.1) is 6.92 Å². The van der Waals surface area contributed by atoms with Crippen LogP contribution in [0.3, 0.4) is 0 Å². The maximum Gasteiger partial charge on any atom is 0.116 e. The fourth-order valence-corrected chi connectivity index (χ4v) is 5.12. The fourth-order valence-electron chi connectivity index (χ4n) is 5.12. The van der Waals surface area contributed by atoms with E-state index in [9.17, 15) is 5.11 Å². The molecule has 4 nitrogen and oxygen atoms in total. The van der Waals surface area contributed by atoms with Gasteiger partial charge in [-0.1, -0.05) is 11.6 Å². The maximum absolute atomic E-state index is 10.8. The van der Waals surface area contributed by atoms with Crippen molar-refractivity contribution in [3.05, 3.63) is 65.1 Å². The normalized spacial score (nSPS) is 23.0. The van der Waals surface area contributed by atoms with E-state index in [1.165, 1.54) is 48.1 Å². The Kier molecular flexibility index (Phi) is 3.84. The van der Waals surface area contributed by atoms with Gasteiger partial charge in [-0.05, 0) is 36.8 Å². The molecule has 2 aliphatic rings. The van der Waals surface area contributed by atoms with E-state index in [1.807, 2.05) is 12.1 Å². The molecule has 0 spiro atoms. The largest absolute Gasteiger partial charge is 0.387 e. The molecule has 4 heteroatoms. The highest BCUT2D eigenvalue weighted by molar-refractivity contribution is 5.87. The summed E-state index contributed by atoms with van der Waals surface area (Å²) in [5, 5.41) is 12.2. The van der Waals surface area contributed by atoms with Gasteiger partial charge in [0.15, 0.2) is 0 Å². The summed E-state index contributed by atoms with van der Waals surface area (Å²) in [5.41, 5.74) is 6.55. The Morgan fingerprint density at radius 3 is 2.92 bits per heavy atom. The number of benzene rings is 1. The monoisotopic (exact) mass is 348 g/mol. The maximum atomic E-state index is 10.8. The molecule has 0 amide bonds. The number of nitrogens with one attached hydrogen (secondary N) is 1. The van der Waals surface area contributed by atoms with Gasteiger partial charge in [-0.3, -0.25) is 4.98 Å². The van der Waals surface area contributed by atoms with Crippen LogP contribution in [0.2, 0.25) is 0 Å². The van der Waals surface area contributed by atoms with Crippen molar-refractivity contribution in [2.24, 2.45) is 0 Å². The molecule has 0 bridgehead atoms. The number of aliphatic hydroxyl groups is 1. The van der Waals surface area contributed by atoms with E-state index in [0.717, 1.165) is 12.0 Å². The molecular formula is C22H26N3O+. The van der Waals surface area contributed by atoms with E-state index in [4.69, 9.17) is 0 Å². The van der Waals surface area contributed by atoms with Crippen LogP contribution in [0.4, 0.5) is 0 Å². The summed E-state index contributed by atoms with van der Waals surface area (Å²) in [5.74, 6) is 0. The first-order chi connectivity index (χ1) is 12.7. The molecule has 1 saturated heterocycles. The molecule has 26 heavy (non-hydrogen) atoms. The number of aliphatic hydroxyl groups excluding tert-OH is 1. The molecule has 5 rings (SSSR count). The average Bonchev–Trinajstić information content (AvgIpc) is 3.25. The minimum absolute atomic E-state index is 0.507. The van der Waals surface area contributed by atoms with E-state index < -0.39 is 6.10 Å². The summed E-state index contributed by atoms with van der Waals surface area (Å²) in [6.45, 7) is 5.32. The van der Waals surface area contributed by atoms with Gasteiger partial charge in [-0.2, -0.15) is 0 Å². The van der Waals surface area contributed by atoms with E-state index >= 15 is 0 Å². The Hall–Kier alpha value is -2.17. The van der Waals surface area contributed by atoms with E-state index in [2.05, 4.69) is 34.7 Å². The Morgan fingerprint density at radius 1 is 1.23 bits per heavy atom. The zero-order chi connectivity index (χ0) is 17.7. The number of aromatic nitrogens is 2. The van der Waals surface area contributed by atoms with Gasteiger partial charge in [-0.25, -0.2) is 0 Å². The van der Waals surface area contributed by atoms with E-state index in [0.29, 0.717) is 12.6 Å². The molecule has 3 atom stereocenters. The predicted octanol–water partition coefficient (Wildman–Crippen LogP) is 2.35. The molecule has 2 N–H and O–H groups in total. The van der Waals surface area contributed by atoms with E-state index in [1.54, 1.807) is 22.9 Å². The average molecular weight is 348 g/mol. The lowest BCUT2D eigenvalue weighted by Crippen LogP contribution is -3.11.